The number of aryl methyl sites for hydroxylation is 1. The molecule has 1 saturated heterocycles. The van der Waals surface area contributed by atoms with Crippen LogP contribution in [0, 0.1) is 0 Å². The van der Waals surface area contributed by atoms with Gasteiger partial charge in [-0.3, -0.25) is 14.6 Å². The summed E-state index contributed by atoms with van der Waals surface area (Å²) in [7, 11) is 0. The number of ether oxygens (including phenoxy) is 2. The average molecular weight is 462 g/mol. The number of phenolic OH excluding ortho intramolecular Hbond substituents is 1. The van der Waals surface area contributed by atoms with Crippen LogP contribution in [0.1, 0.15) is 23.6 Å². The first-order valence-electron chi connectivity index (χ1n) is 11.0. The summed E-state index contributed by atoms with van der Waals surface area (Å²) in [5.74, 6) is -0.741. The van der Waals surface area contributed by atoms with Crippen molar-refractivity contribution in [3.8, 4) is 17.2 Å². The molecule has 0 spiro atoms. The maximum Gasteiger partial charge on any atom is 0.295 e. The molecule has 2 aliphatic heterocycles. The Labute approximate surface area is 195 Å². The number of nitrogens with one attached hydrogen (secondary N) is 1. The minimum absolute atomic E-state index is 0.00490. The number of nitrogens with zero attached hydrogens (tertiary/aromatic N) is 2. The number of likely N-dealkylation sites (tertiary alicyclic amines) is 1. The van der Waals surface area contributed by atoms with E-state index in [2.05, 4.69) is 4.98 Å². The van der Waals surface area contributed by atoms with Crippen LogP contribution < -0.4 is 14.0 Å². The Balaban J connectivity index is 1.54. The summed E-state index contributed by atoms with van der Waals surface area (Å²) < 4.78 is 13.1. The topological polar surface area (TPSA) is 116 Å². The zero-order chi connectivity index (χ0) is 23.7. The SMILES string of the molecule is O=C1C(=O)N(CCC[n+]2cc[nH]c2)C(c2cccc(O)c2)C1=C(O)c1ccc2c(c1)OCCO2. The van der Waals surface area contributed by atoms with Gasteiger partial charge in [-0.1, -0.05) is 12.1 Å². The highest BCUT2D eigenvalue weighted by molar-refractivity contribution is 6.46. The molecular weight excluding hydrogens is 438 g/mol. The largest absolute Gasteiger partial charge is 0.508 e. The number of carbonyl (C=O) groups excluding carboxylic acids is 2. The van der Waals surface area contributed by atoms with Gasteiger partial charge in [0.15, 0.2) is 11.5 Å². The molecule has 34 heavy (non-hydrogen) atoms. The van der Waals surface area contributed by atoms with E-state index < -0.39 is 17.7 Å². The molecule has 3 aromatic rings. The van der Waals surface area contributed by atoms with Gasteiger partial charge in [0.05, 0.1) is 18.2 Å². The van der Waals surface area contributed by atoms with Gasteiger partial charge in [-0.2, -0.15) is 0 Å². The number of aromatic hydroxyl groups is 1. The molecule has 0 aliphatic carbocycles. The monoisotopic (exact) mass is 462 g/mol. The summed E-state index contributed by atoms with van der Waals surface area (Å²) in [5, 5.41) is 21.3. The first kappa shape index (κ1) is 21.6. The fourth-order valence-corrected chi connectivity index (χ4v) is 4.38. The van der Waals surface area contributed by atoms with Crippen molar-refractivity contribution in [1.29, 1.82) is 0 Å². The number of carbonyl (C=O) groups is 2. The third kappa shape index (κ3) is 3.96. The van der Waals surface area contributed by atoms with Crippen LogP contribution in [-0.4, -0.2) is 51.5 Å². The molecule has 1 fully saturated rings. The van der Waals surface area contributed by atoms with Gasteiger partial charge in [-0.25, -0.2) is 4.57 Å². The fraction of sp³-hybridized carbons (Fsp3) is 0.240. The quantitative estimate of drug-likeness (QED) is 0.224. The van der Waals surface area contributed by atoms with Crippen molar-refractivity contribution in [2.75, 3.05) is 19.8 Å². The molecule has 2 aliphatic rings. The Morgan fingerprint density at radius 2 is 1.94 bits per heavy atom. The normalized spacial score (nSPS) is 18.9. The van der Waals surface area contributed by atoms with Gasteiger partial charge in [0.2, 0.25) is 6.33 Å². The standard InChI is InChI=1S/C25H23N3O6/c29-18-4-1-3-16(13-18)22-21(23(30)17-5-6-19-20(14-17)34-12-11-33-19)24(31)25(32)28(22)9-2-8-27-10-7-26-15-27/h1,3-7,10,13-15,22H,2,8-9,11-12H2,(H2,29,30,31)/p+1. The smallest absolute Gasteiger partial charge is 0.295 e. The lowest BCUT2D eigenvalue weighted by molar-refractivity contribution is -0.695. The van der Waals surface area contributed by atoms with Crippen LogP contribution in [0.2, 0.25) is 0 Å². The number of H-pyrrole nitrogens is 1. The van der Waals surface area contributed by atoms with Crippen molar-refractivity contribution in [2.24, 2.45) is 0 Å². The lowest BCUT2D eigenvalue weighted by Crippen LogP contribution is -2.36. The molecule has 3 heterocycles. The third-order valence-corrected chi connectivity index (χ3v) is 5.96. The molecule has 3 N–H and O–H groups in total. The molecule has 0 radical (unpaired) electrons. The summed E-state index contributed by atoms with van der Waals surface area (Å²) in [6.45, 7) is 1.74. The lowest BCUT2D eigenvalue weighted by atomic mass is 9.95. The first-order valence-corrected chi connectivity index (χ1v) is 11.0. The molecule has 174 valence electrons. The molecule has 1 atom stereocenters. The molecule has 0 bridgehead atoms. The van der Waals surface area contributed by atoms with Gasteiger partial charge < -0.3 is 24.6 Å². The molecule has 1 amide bonds. The van der Waals surface area contributed by atoms with E-state index in [1.165, 1.54) is 17.0 Å². The molecular formula is C25H24N3O6+. The van der Waals surface area contributed by atoms with E-state index in [9.17, 15) is 19.8 Å². The van der Waals surface area contributed by atoms with Crippen LogP contribution in [0.25, 0.3) is 5.76 Å². The minimum atomic E-state index is -0.837. The van der Waals surface area contributed by atoms with Crippen molar-refractivity contribution in [1.82, 2.24) is 9.88 Å². The molecule has 0 saturated carbocycles. The number of fused-ring (bicyclic) bond motifs is 1. The zero-order valence-electron chi connectivity index (χ0n) is 18.3. The Morgan fingerprint density at radius 1 is 1.12 bits per heavy atom. The third-order valence-electron chi connectivity index (χ3n) is 5.96. The first-order chi connectivity index (χ1) is 16.5. The van der Waals surface area contributed by atoms with E-state index in [-0.39, 0.29) is 17.1 Å². The highest BCUT2D eigenvalue weighted by atomic mass is 16.6. The van der Waals surface area contributed by atoms with E-state index in [1.807, 2.05) is 17.1 Å². The average Bonchev–Trinajstić information content (AvgIpc) is 3.45. The number of aromatic amines is 1. The Hall–Kier alpha value is -4.27. The number of aromatic nitrogens is 2. The number of amides is 1. The van der Waals surface area contributed by atoms with Crippen LogP contribution >= 0.6 is 0 Å². The second-order valence-corrected chi connectivity index (χ2v) is 8.15. The van der Waals surface area contributed by atoms with Crippen LogP contribution in [-0.2, 0) is 16.1 Å². The van der Waals surface area contributed by atoms with Crippen molar-refractivity contribution in [3.63, 3.8) is 0 Å². The maximum absolute atomic E-state index is 13.1. The number of ketones is 1. The number of aliphatic hydroxyl groups excluding tert-OH is 1. The number of phenols is 1. The van der Waals surface area contributed by atoms with E-state index >= 15 is 0 Å². The molecule has 9 heteroatoms. The summed E-state index contributed by atoms with van der Waals surface area (Å²) in [4.78, 5) is 30.6. The van der Waals surface area contributed by atoms with Crippen molar-refractivity contribution >= 4 is 17.4 Å². The molecule has 9 nitrogen and oxygen atoms in total. The van der Waals surface area contributed by atoms with E-state index in [0.29, 0.717) is 55.4 Å². The molecule has 5 rings (SSSR count). The number of hydrogen-bond acceptors (Lipinski definition) is 6. The second kappa shape index (κ2) is 8.93. The van der Waals surface area contributed by atoms with Crippen LogP contribution in [0.15, 0.2) is 66.8 Å². The molecule has 1 aromatic heterocycles. The van der Waals surface area contributed by atoms with Gasteiger partial charge in [0, 0.05) is 18.5 Å². The molecule has 1 unspecified atom stereocenters. The molecule has 2 aromatic carbocycles. The maximum atomic E-state index is 13.1. The Kier molecular flexibility index (Phi) is 5.67. The number of Topliss-reactive ketones (excluding diaryl/α,β-unsaturated/α-hetero) is 1. The Bertz CT molecular complexity index is 1270. The predicted molar refractivity (Wildman–Crippen MR) is 120 cm³/mol. The van der Waals surface area contributed by atoms with Crippen LogP contribution in [0.5, 0.6) is 17.2 Å². The van der Waals surface area contributed by atoms with E-state index in [1.54, 1.807) is 36.5 Å². The van der Waals surface area contributed by atoms with Gasteiger partial charge in [-0.15, -0.1) is 0 Å². The van der Waals surface area contributed by atoms with Gasteiger partial charge in [0.1, 0.15) is 37.1 Å². The van der Waals surface area contributed by atoms with Gasteiger partial charge in [0.25, 0.3) is 11.7 Å². The minimum Gasteiger partial charge on any atom is -0.508 e. The van der Waals surface area contributed by atoms with Crippen molar-refractivity contribution in [2.45, 2.75) is 19.0 Å². The highest BCUT2D eigenvalue weighted by Gasteiger charge is 2.46. The second-order valence-electron chi connectivity index (χ2n) is 8.15. The number of benzene rings is 2. The number of rotatable bonds is 6. The van der Waals surface area contributed by atoms with E-state index in [0.717, 1.165) is 0 Å². The number of imidazole rings is 1. The van der Waals surface area contributed by atoms with Crippen LogP contribution in [0.3, 0.4) is 0 Å². The summed E-state index contributed by atoms with van der Waals surface area (Å²) >= 11 is 0. The fourth-order valence-electron chi connectivity index (χ4n) is 4.38. The lowest BCUT2D eigenvalue weighted by Gasteiger charge is -2.25. The van der Waals surface area contributed by atoms with Gasteiger partial charge in [-0.05, 0) is 35.9 Å². The number of aliphatic hydroxyl groups is 1. The predicted octanol–water partition coefficient (Wildman–Crippen LogP) is 2.29. The van der Waals surface area contributed by atoms with Crippen LogP contribution in [0.4, 0.5) is 0 Å². The van der Waals surface area contributed by atoms with Crippen molar-refractivity contribution < 1.29 is 33.8 Å². The van der Waals surface area contributed by atoms with Gasteiger partial charge >= 0.3 is 0 Å². The Morgan fingerprint density at radius 3 is 2.71 bits per heavy atom. The number of hydrogen-bond donors (Lipinski definition) is 3. The summed E-state index contributed by atoms with van der Waals surface area (Å²) in [6.07, 6.45) is 6.08. The van der Waals surface area contributed by atoms with E-state index in [4.69, 9.17) is 9.47 Å². The van der Waals surface area contributed by atoms with Crippen molar-refractivity contribution in [3.05, 3.63) is 77.9 Å². The summed E-state index contributed by atoms with van der Waals surface area (Å²) in [6, 6.07) is 10.4. The highest BCUT2D eigenvalue weighted by Crippen LogP contribution is 2.41. The summed E-state index contributed by atoms with van der Waals surface area (Å²) in [5.41, 5.74) is 0.851. The zero-order valence-corrected chi connectivity index (χ0v) is 18.3.